The average molecular weight is 489 g/mol. The van der Waals surface area contributed by atoms with Gasteiger partial charge in [0.2, 0.25) is 11.8 Å². The van der Waals surface area contributed by atoms with Gasteiger partial charge < -0.3 is 10.1 Å². The van der Waals surface area contributed by atoms with Gasteiger partial charge in [0.05, 0.1) is 33.8 Å². The first kappa shape index (κ1) is 23.3. The van der Waals surface area contributed by atoms with E-state index in [0.717, 1.165) is 10.5 Å². The van der Waals surface area contributed by atoms with Gasteiger partial charge in [-0.25, -0.2) is 4.79 Å². The summed E-state index contributed by atoms with van der Waals surface area (Å²) in [5.74, 6) is -2.95. The van der Waals surface area contributed by atoms with Crippen molar-refractivity contribution in [2.24, 2.45) is 11.8 Å². The molecule has 9 heteroatoms. The Hall–Kier alpha value is -2.90. The molecular formula is C24H22Cl2N2O5. The zero-order chi connectivity index (χ0) is 23.7. The molecule has 172 valence electrons. The number of fused-ring (bicyclic) bond motifs is 1. The normalized spacial score (nSPS) is 24.4. The first-order valence-electron chi connectivity index (χ1n) is 10.5. The van der Waals surface area contributed by atoms with E-state index in [1.807, 2.05) is 19.1 Å². The number of esters is 1. The summed E-state index contributed by atoms with van der Waals surface area (Å²) in [5, 5.41) is 1.89. The minimum absolute atomic E-state index is 0.122. The molecule has 1 saturated heterocycles. The third-order valence-corrected chi connectivity index (χ3v) is 7.01. The molecule has 2 aliphatic rings. The molecule has 0 aromatic heterocycles. The second-order valence-corrected chi connectivity index (χ2v) is 9.39. The van der Waals surface area contributed by atoms with Gasteiger partial charge in [-0.1, -0.05) is 23.8 Å². The van der Waals surface area contributed by atoms with Gasteiger partial charge in [0.25, 0.3) is 5.91 Å². The summed E-state index contributed by atoms with van der Waals surface area (Å²) in [5.41, 5.74) is 2.04. The lowest BCUT2D eigenvalue weighted by Crippen LogP contribution is -2.34. The molecule has 4 rings (SSSR count). The number of ether oxygens (including phenoxy) is 1. The van der Waals surface area contributed by atoms with E-state index in [9.17, 15) is 19.2 Å². The van der Waals surface area contributed by atoms with Crippen LogP contribution in [0.3, 0.4) is 0 Å². The molecule has 4 atom stereocenters. The fourth-order valence-corrected chi connectivity index (χ4v) is 4.76. The second kappa shape index (κ2) is 9.53. The smallest absolute Gasteiger partial charge is 0.338 e. The van der Waals surface area contributed by atoms with E-state index in [1.54, 1.807) is 24.3 Å². The number of aryl methyl sites for hydroxylation is 1. The lowest BCUT2D eigenvalue weighted by atomic mass is 9.80. The van der Waals surface area contributed by atoms with E-state index in [0.29, 0.717) is 18.5 Å². The maximum Gasteiger partial charge on any atom is 0.338 e. The molecule has 2 aromatic rings. The minimum atomic E-state index is -0.742. The molecule has 0 spiro atoms. The van der Waals surface area contributed by atoms with Crippen LogP contribution in [-0.4, -0.2) is 41.1 Å². The van der Waals surface area contributed by atoms with Crippen LogP contribution in [0.1, 0.15) is 28.8 Å². The van der Waals surface area contributed by atoms with Gasteiger partial charge in [-0.15, -0.1) is 23.2 Å². The highest BCUT2D eigenvalue weighted by molar-refractivity contribution is 6.31. The number of imide groups is 1. The zero-order valence-corrected chi connectivity index (χ0v) is 19.3. The summed E-state index contributed by atoms with van der Waals surface area (Å²) >= 11 is 12.4. The van der Waals surface area contributed by atoms with Gasteiger partial charge in [0, 0.05) is 5.69 Å². The zero-order valence-electron chi connectivity index (χ0n) is 17.8. The molecule has 0 unspecified atom stereocenters. The number of carbonyl (C=O) groups is 4. The molecule has 1 aliphatic heterocycles. The summed E-state index contributed by atoms with van der Waals surface area (Å²) < 4.78 is 5.11. The number of nitrogens with zero attached hydrogens (tertiary/aromatic N) is 1. The largest absolute Gasteiger partial charge is 0.452 e. The summed E-state index contributed by atoms with van der Waals surface area (Å²) in [4.78, 5) is 51.5. The first-order chi connectivity index (χ1) is 15.7. The number of benzene rings is 2. The Labute approximate surface area is 201 Å². The molecule has 2 fully saturated rings. The molecule has 33 heavy (non-hydrogen) atoms. The molecule has 7 nitrogen and oxygen atoms in total. The number of carbonyl (C=O) groups excluding carboxylic acids is 4. The lowest BCUT2D eigenvalue weighted by Gasteiger charge is -2.28. The Morgan fingerprint density at radius 2 is 1.61 bits per heavy atom. The molecule has 2 aromatic carbocycles. The summed E-state index contributed by atoms with van der Waals surface area (Å²) in [7, 11) is 0. The van der Waals surface area contributed by atoms with Crippen LogP contribution in [0.2, 0.25) is 0 Å². The van der Waals surface area contributed by atoms with Crippen LogP contribution in [0.4, 0.5) is 11.4 Å². The molecule has 1 heterocycles. The van der Waals surface area contributed by atoms with E-state index in [-0.39, 0.29) is 33.8 Å². The third kappa shape index (κ3) is 4.89. The minimum Gasteiger partial charge on any atom is -0.452 e. The predicted octanol–water partition coefficient (Wildman–Crippen LogP) is 3.90. The molecule has 1 N–H and O–H groups in total. The SMILES string of the molecule is Cc1ccc(NC(=O)COC(=O)c2cccc(N3C(=O)[C@H]4C[C@@H](Cl)[C@@H](Cl)C[C@H]4C3=O)c2)cc1. The van der Waals surface area contributed by atoms with Crippen LogP contribution in [0.15, 0.2) is 48.5 Å². The van der Waals surface area contributed by atoms with Gasteiger partial charge in [-0.2, -0.15) is 0 Å². The van der Waals surface area contributed by atoms with Crippen molar-refractivity contribution in [3.05, 3.63) is 59.7 Å². The predicted molar refractivity (Wildman–Crippen MR) is 125 cm³/mol. The Morgan fingerprint density at radius 1 is 1.00 bits per heavy atom. The summed E-state index contributed by atoms with van der Waals surface area (Å²) in [6, 6.07) is 13.2. The monoisotopic (exact) mass is 488 g/mol. The van der Waals surface area contributed by atoms with Gasteiger partial charge in [-0.3, -0.25) is 19.3 Å². The van der Waals surface area contributed by atoms with E-state index < -0.39 is 30.3 Å². The highest BCUT2D eigenvalue weighted by Crippen LogP contribution is 2.43. The van der Waals surface area contributed by atoms with Gasteiger partial charge in [0.15, 0.2) is 6.61 Å². The van der Waals surface area contributed by atoms with E-state index >= 15 is 0 Å². The van der Waals surface area contributed by atoms with Crippen molar-refractivity contribution >= 4 is 58.3 Å². The highest BCUT2D eigenvalue weighted by atomic mass is 35.5. The Bertz CT molecular complexity index is 1080. The topological polar surface area (TPSA) is 92.8 Å². The number of nitrogens with one attached hydrogen (secondary N) is 1. The number of hydrogen-bond acceptors (Lipinski definition) is 5. The lowest BCUT2D eigenvalue weighted by molar-refractivity contribution is -0.122. The number of alkyl halides is 2. The van der Waals surface area contributed by atoms with E-state index in [4.69, 9.17) is 27.9 Å². The van der Waals surface area contributed by atoms with E-state index in [2.05, 4.69) is 5.32 Å². The van der Waals surface area contributed by atoms with Crippen molar-refractivity contribution < 1.29 is 23.9 Å². The quantitative estimate of drug-likeness (QED) is 0.391. The van der Waals surface area contributed by atoms with Gasteiger partial charge in [-0.05, 0) is 50.1 Å². The highest BCUT2D eigenvalue weighted by Gasteiger charge is 2.52. The second-order valence-electron chi connectivity index (χ2n) is 8.27. The van der Waals surface area contributed by atoms with Crippen LogP contribution in [0.25, 0.3) is 0 Å². The standard InChI is InChI=1S/C24H22Cl2N2O5/c1-13-5-7-15(8-6-13)27-21(29)12-33-24(32)14-3-2-4-16(9-14)28-22(30)17-10-19(25)20(26)11-18(17)23(28)31/h2-9,17-20H,10-12H2,1H3,(H,27,29)/t17-,18+,19+,20-. The molecule has 3 amide bonds. The average Bonchev–Trinajstić information content (AvgIpc) is 3.03. The van der Waals surface area contributed by atoms with Crippen LogP contribution in [0.5, 0.6) is 0 Å². The van der Waals surface area contributed by atoms with Crippen molar-refractivity contribution in [3.8, 4) is 0 Å². The number of amides is 3. The van der Waals surface area contributed by atoms with Crippen LogP contribution in [0, 0.1) is 18.8 Å². The van der Waals surface area contributed by atoms with E-state index in [1.165, 1.54) is 12.1 Å². The Kier molecular flexibility index (Phi) is 6.72. The molecular weight excluding hydrogens is 467 g/mol. The Morgan fingerprint density at radius 3 is 2.21 bits per heavy atom. The van der Waals surface area contributed by atoms with Crippen molar-refractivity contribution in [1.82, 2.24) is 0 Å². The fourth-order valence-electron chi connectivity index (χ4n) is 4.17. The van der Waals surface area contributed by atoms with Crippen molar-refractivity contribution in [2.45, 2.75) is 30.5 Å². The maximum atomic E-state index is 12.9. The molecule has 0 radical (unpaired) electrons. The number of anilines is 2. The maximum absolute atomic E-state index is 12.9. The van der Waals surface area contributed by atoms with Crippen LogP contribution < -0.4 is 10.2 Å². The van der Waals surface area contributed by atoms with Crippen LogP contribution in [-0.2, 0) is 19.1 Å². The number of hydrogen-bond donors (Lipinski definition) is 1. The van der Waals surface area contributed by atoms with Crippen LogP contribution >= 0.6 is 23.2 Å². The number of halogens is 2. The van der Waals surface area contributed by atoms with Crippen molar-refractivity contribution in [1.29, 1.82) is 0 Å². The van der Waals surface area contributed by atoms with Gasteiger partial charge >= 0.3 is 5.97 Å². The Balaban J connectivity index is 1.41. The summed E-state index contributed by atoms with van der Waals surface area (Å²) in [6.07, 6.45) is 0.665. The fraction of sp³-hybridized carbons (Fsp3) is 0.333. The van der Waals surface area contributed by atoms with Crippen molar-refractivity contribution in [3.63, 3.8) is 0 Å². The molecule has 1 saturated carbocycles. The van der Waals surface area contributed by atoms with Crippen molar-refractivity contribution in [2.75, 3.05) is 16.8 Å². The van der Waals surface area contributed by atoms with Gasteiger partial charge in [0.1, 0.15) is 0 Å². The summed E-state index contributed by atoms with van der Waals surface area (Å²) in [6.45, 7) is 1.46. The molecule has 1 aliphatic carbocycles. The number of rotatable bonds is 5. The third-order valence-electron chi connectivity index (χ3n) is 5.92. The molecule has 0 bridgehead atoms. The first-order valence-corrected chi connectivity index (χ1v) is 11.4.